The molecule has 0 unspecified atom stereocenters. The van der Waals surface area contributed by atoms with Crippen LogP contribution in [-0.4, -0.2) is 17.0 Å². The summed E-state index contributed by atoms with van der Waals surface area (Å²) in [6.45, 7) is 3.53. The Morgan fingerprint density at radius 3 is 2.80 bits per heavy atom. The SMILES string of the molecule is CCc1noc(C)c1C(=O)Oc1cccc(NC(=O)c2ccco2)c1. The quantitative estimate of drug-likeness (QED) is 0.563. The fourth-order valence-electron chi connectivity index (χ4n) is 2.32. The van der Waals surface area contributed by atoms with Crippen molar-refractivity contribution in [3.05, 3.63) is 65.4 Å². The Bertz CT molecular complexity index is 896. The predicted octanol–water partition coefficient (Wildman–Crippen LogP) is 3.61. The average molecular weight is 340 g/mol. The highest BCUT2D eigenvalue weighted by Crippen LogP contribution is 2.21. The van der Waals surface area contributed by atoms with E-state index in [-0.39, 0.29) is 5.76 Å². The molecule has 1 aromatic carbocycles. The van der Waals surface area contributed by atoms with Crippen LogP contribution in [0.5, 0.6) is 5.75 Å². The summed E-state index contributed by atoms with van der Waals surface area (Å²) in [4.78, 5) is 24.4. The van der Waals surface area contributed by atoms with Crippen molar-refractivity contribution in [3.63, 3.8) is 0 Å². The van der Waals surface area contributed by atoms with Gasteiger partial charge in [0.05, 0.1) is 12.0 Å². The predicted molar refractivity (Wildman–Crippen MR) is 88.7 cm³/mol. The summed E-state index contributed by atoms with van der Waals surface area (Å²) in [5, 5.41) is 6.51. The van der Waals surface area contributed by atoms with E-state index in [1.165, 1.54) is 6.26 Å². The third kappa shape index (κ3) is 3.60. The minimum absolute atomic E-state index is 0.190. The number of aromatic nitrogens is 1. The number of aryl methyl sites for hydroxylation is 2. The van der Waals surface area contributed by atoms with Gasteiger partial charge in [-0.25, -0.2) is 4.79 Å². The largest absolute Gasteiger partial charge is 0.459 e. The van der Waals surface area contributed by atoms with Crippen molar-refractivity contribution in [2.45, 2.75) is 20.3 Å². The van der Waals surface area contributed by atoms with Crippen LogP contribution in [0.15, 0.2) is 51.6 Å². The number of hydrogen-bond acceptors (Lipinski definition) is 6. The molecule has 25 heavy (non-hydrogen) atoms. The van der Waals surface area contributed by atoms with Crippen LogP contribution in [0.3, 0.4) is 0 Å². The first-order valence-corrected chi connectivity index (χ1v) is 7.70. The summed E-state index contributed by atoms with van der Waals surface area (Å²) in [6.07, 6.45) is 1.97. The van der Waals surface area contributed by atoms with Crippen LogP contribution in [0.4, 0.5) is 5.69 Å². The first-order chi connectivity index (χ1) is 12.1. The van der Waals surface area contributed by atoms with Gasteiger partial charge in [0.25, 0.3) is 5.91 Å². The van der Waals surface area contributed by atoms with E-state index in [9.17, 15) is 9.59 Å². The zero-order valence-electron chi connectivity index (χ0n) is 13.7. The number of rotatable bonds is 5. The molecule has 2 aromatic heterocycles. The molecule has 0 saturated heterocycles. The van der Waals surface area contributed by atoms with Crippen LogP contribution in [-0.2, 0) is 6.42 Å². The van der Waals surface area contributed by atoms with E-state index < -0.39 is 11.9 Å². The number of benzene rings is 1. The maximum absolute atomic E-state index is 12.4. The van der Waals surface area contributed by atoms with E-state index in [1.54, 1.807) is 43.3 Å². The fourth-order valence-corrected chi connectivity index (χ4v) is 2.32. The molecule has 0 aliphatic carbocycles. The molecule has 2 heterocycles. The topological polar surface area (TPSA) is 94.6 Å². The minimum Gasteiger partial charge on any atom is -0.459 e. The lowest BCUT2D eigenvalue weighted by atomic mass is 10.1. The zero-order valence-corrected chi connectivity index (χ0v) is 13.7. The number of carbonyl (C=O) groups excluding carboxylic acids is 2. The summed E-state index contributed by atoms with van der Waals surface area (Å²) in [5.41, 5.74) is 1.35. The molecule has 3 aromatic rings. The molecule has 0 spiro atoms. The van der Waals surface area contributed by atoms with Gasteiger partial charge in [0, 0.05) is 11.8 Å². The minimum atomic E-state index is -0.551. The number of anilines is 1. The molecule has 7 nitrogen and oxygen atoms in total. The second-order valence-corrected chi connectivity index (χ2v) is 5.26. The summed E-state index contributed by atoms with van der Waals surface area (Å²) in [5.74, 6) is -0.0501. The zero-order chi connectivity index (χ0) is 17.8. The molecular weight excluding hydrogens is 324 g/mol. The Morgan fingerprint density at radius 1 is 1.24 bits per heavy atom. The molecule has 0 atom stereocenters. The molecular formula is C18H16N2O5. The Balaban J connectivity index is 1.74. The van der Waals surface area contributed by atoms with Crippen LogP contribution in [0.2, 0.25) is 0 Å². The number of nitrogens with one attached hydrogen (secondary N) is 1. The Morgan fingerprint density at radius 2 is 2.08 bits per heavy atom. The standard InChI is InChI=1S/C18H16N2O5/c1-3-14-16(11(2)25-20-14)18(22)24-13-7-4-6-12(10-13)19-17(21)15-8-5-9-23-15/h4-10H,3H2,1-2H3,(H,19,21). The number of carbonyl (C=O) groups is 2. The first-order valence-electron chi connectivity index (χ1n) is 7.70. The van der Waals surface area contributed by atoms with Gasteiger partial charge in [-0.2, -0.15) is 0 Å². The van der Waals surface area contributed by atoms with E-state index in [4.69, 9.17) is 13.7 Å². The van der Waals surface area contributed by atoms with Gasteiger partial charge in [-0.05, 0) is 37.6 Å². The lowest BCUT2D eigenvalue weighted by molar-refractivity contribution is 0.0732. The highest BCUT2D eigenvalue weighted by atomic mass is 16.5. The van der Waals surface area contributed by atoms with E-state index in [0.29, 0.717) is 34.9 Å². The molecule has 0 aliphatic rings. The molecule has 128 valence electrons. The van der Waals surface area contributed by atoms with E-state index >= 15 is 0 Å². The summed E-state index contributed by atoms with van der Waals surface area (Å²) < 4.78 is 15.5. The van der Waals surface area contributed by atoms with Crippen molar-refractivity contribution in [1.29, 1.82) is 0 Å². The second kappa shape index (κ2) is 7.04. The number of amides is 1. The van der Waals surface area contributed by atoms with E-state index in [0.717, 1.165) is 0 Å². The van der Waals surface area contributed by atoms with Gasteiger partial charge >= 0.3 is 5.97 Å². The van der Waals surface area contributed by atoms with Gasteiger partial charge in [-0.1, -0.05) is 18.1 Å². The molecule has 0 fully saturated rings. The fraction of sp³-hybridized carbons (Fsp3) is 0.167. The number of nitrogens with zero attached hydrogens (tertiary/aromatic N) is 1. The lowest BCUT2D eigenvalue weighted by Gasteiger charge is -2.07. The second-order valence-electron chi connectivity index (χ2n) is 5.26. The number of ether oxygens (including phenoxy) is 1. The van der Waals surface area contributed by atoms with Gasteiger partial charge in [0.1, 0.15) is 17.1 Å². The van der Waals surface area contributed by atoms with E-state index in [2.05, 4.69) is 10.5 Å². The van der Waals surface area contributed by atoms with Gasteiger partial charge in [0.15, 0.2) is 5.76 Å². The Kier molecular flexibility index (Phi) is 4.65. The summed E-state index contributed by atoms with van der Waals surface area (Å²) >= 11 is 0. The number of esters is 1. The lowest BCUT2D eigenvalue weighted by Crippen LogP contribution is -2.13. The van der Waals surface area contributed by atoms with Crippen LogP contribution in [0.25, 0.3) is 0 Å². The van der Waals surface area contributed by atoms with Gasteiger partial charge in [0.2, 0.25) is 0 Å². The van der Waals surface area contributed by atoms with Crippen molar-refractivity contribution in [3.8, 4) is 5.75 Å². The molecule has 7 heteroatoms. The summed E-state index contributed by atoms with van der Waals surface area (Å²) in [7, 11) is 0. The Labute approximate surface area is 143 Å². The van der Waals surface area contributed by atoms with Crippen molar-refractivity contribution in [1.82, 2.24) is 5.16 Å². The monoisotopic (exact) mass is 340 g/mol. The third-order valence-corrected chi connectivity index (χ3v) is 3.52. The molecule has 0 bridgehead atoms. The molecule has 0 saturated carbocycles. The molecule has 0 radical (unpaired) electrons. The smallest absolute Gasteiger partial charge is 0.349 e. The average Bonchev–Trinajstić information content (AvgIpc) is 3.24. The Hall–Kier alpha value is -3.35. The van der Waals surface area contributed by atoms with Gasteiger partial charge in [-0.3, -0.25) is 4.79 Å². The summed E-state index contributed by atoms with van der Waals surface area (Å²) in [6, 6.07) is 9.70. The molecule has 1 amide bonds. The van der Waals surface area contributed by atoms with Crippen molar-refractivity contribution in [2.24, 2.45) is 0 Å². The van der Waals surface area contributed by atoms with Crippen molar-refractivity contribution in [2.75, 3.05) is 5.32 Å². The highest BCUT2D eigenvalue weighted by molar-refractivity contribution is 6.02. The molecule has 0 aliphatic heterocycles. The third-order valence-electron chi connectivity index (χ3n) is 3.52. The van der Waals surface area contributed by atoms with Crippen LogP contribution in [0, 0.1) is 6.92 Å². The van der Waals surface area contributed by atoms with Crippen LogP contribution >= 0.6 is 0 Å². The van der Waals surface area contributed by atoms with Crippen molar-refractivity contribution >= 4 is 17.6 Å². The normalized spacial score (nSPS) is 10.5. The van der Waals surface area contributed by atoms with Crippen LogP contribution in [0.1, 0.15) is 39.3 Å². The van der Waals surface area contributed by atoms with E-state index in [1.807, 2.05) is 6.92 Å². The number of furan rings is 1. The number of hydrogen-bond donors (Lipinski definition) is 1. The van der Waals surface area contributed by atoms with Gasteiger partial charge < -0.3 is 19.0 Å². The maximum Gasteiger partial charge on any atom is 0.349 e. The maximum atomic E-state index is 12.4. The van der Waals surface area contributed by atoms with Crippen LogP contribution < -0.4 is 10.1 Å². The molecule has 1 N–H and O–H groups in total. The first kappa shape index (κ1) is 16.5. The molecule has 3 rings (SSSR count). The van der Waals surface area contributed by atoms with Gasteiger partial charge in [-0.15, -0.1) is 0 Å². The highest BCUT2D eigenvalue weighted by Gasteiger charge is 2.21. The van der Waals surface area contributed by atoms with Crippen molar-refractivity contribution < 1.29 is 23.3 Å².